The average Bonchev–Trinajstić information content (AvgIpc) is 2.74. The minimum atomic E-state index is -0.936. The fraction of sp³-hybridized carbons (Fsp3) is 0.286. The highest BCUT2D eigenvalue weighted by Gasteiger charge is 2.18. The molecule has 0 aliphatic rings. The number of carboxylic acid groups (broad SMARTS) is 1. The van der Waals surface area contributed by atoms with Gasteiger partial charge in [-0.2, -0.15) is 0 Å². The fourth-order valence-corrected chi connectivity index (χ4v) is 3.09. The van der Waals surface area contributed by atoms with Crippen LogP contribution in [0, 0.1) is 6.92 Å². The zero-order valence-corrected chi connectivity index (χ0v) is 11.3. The number of hydrogen-bond donors (Lipinski definition) is 1. The Hall–Kier alpha value is -1.68. The highest BCUT2D eigenvalue weighted by molar-refractivity contribution is 7.15. The Kier molecular flexibility index (Phi) is 3.77. The van der Waals surface area contributed by atoms with Crippen molar-refractivity contribution in [1.82, 2.24) is 4.98 Å². The van der Waals surface area contributed by atoms with E-state index in [-0.39, 0.29) is 5.69 Å². The van der Waals surface area contributed by atoms with Gasteiger partial charge < -0.3 is 5.11 Å². The lowest BCUT2D eigenvalue weighted by atomic mass is 10.1. The van der Waals surface area contributed by atoms with Gasteiger partial charge in [0.1, 0.15) is 5.01 Å². The van der Waals surface area contributed by atoms with Gasteiger partial charge in [0, 0.05) is 10.4 Å². The Morgan fingerprint density at radius 3 is 2.72 bits per heavy atom. The second-order valence-electron chi connectivity index (χ2n) is 4.16. The maximum atomic E-state index is 11.2. The van der Waals surface area contributed by atoms with Crippen molar-refractivity contribution >= 4 is 17.3 Å². The number of aromatic nitrogens is 1. The van der Waals surface area contributed by atoms with Crippen LogP contribution < -0.4 is 0 Å². The van der Waals surface area contributed by atoms with E-state index in [0.717, 1.165) is 33.9 Å². The van der Waals surface area contributed by atoms with Crippen molar-refractivity contribution in [3.05, 3.63) is 40.4 Å². The number of benzene rings is 1. The van der Waals surface area contributed by atoms with Crippen LogP contribution in [0.15, 0.2) is 24.3 Å². The molecule has 1 N–H and O–H groups in total. The Labute approximate surface area is 110 Å². The number of nitrogens with zero attached hydrogens (tertiary/aromatic N) is 1. The zero-order valence-electron chi connectivity index (χ0n) is 10.4. The van der Waals surface area contributed by atoms with Crippen molar-refractivity contribution in [3.63, 3.8) is 0 Å². The molecule has 2 rings (SSSR count). The molecule has 0 spiro atoms. The first-order valence-corrected chi connectivity index (χ1v) is 6.74. The molecule has 0 unspecified atom stereocenters. The standard InChI is InChI=1S/C14H15NO2S/c1-3-6-11-12(14(16)17)15-13(18-11)10-8-5-4-7-9(10)2/h4-5,7-8H,3,6H2,1-2H3,(H,16,17). The topological polar surface area (TPSA) is 50.2 Å². The van der Waals surface area contributed by atoms with E-state index in [1.807, 2.05) is 38.1 Å². The normalized spacial score (nSPS) is 10.6. The van der Waals surface area contributed by atoms with Crippen LogP contribution >= 0.6 is 11.3 Å². The third-order valence-electron chi connectivity index (χ3n) is 2.75. The molecule has 0 aliphatic carbocycles. The van der Waals surface area contributed by atoms with Gasteiger partial charge in [-0.1, -0.05) is 37.6 Å². The molecule has 18 heavy (non-hydrogen) atoms. The largest absolute Gasteiger partial charge is 0.476 e. The molecule has 0 aliphatic heterocycles. The van der Waals surface area contributed by atoms with E-state index in [9.17, 15) is 4.79 Å². The maximum absolute atomic E-state index is 11.2. The SMILES string of the molecule is CCCc1sc(-c2ccccc2C)nc1C(=O)O. The summed E-state index contributed by atoms with van der Waals surface area (Å²) in [6, 6.07) is 7.91. The molecule has 0 saturated heterocycles. The molecular weight excluding hydrogens is 246 g/mol. The summed E-state index contributed by atoms with van der Waals surface area (Å²) in [5, 5.41) is 9.97. The van der Waals surface area contributed by atoms with E-state index in [1.165, 1.54) is 11.3 Å². The van der Waals surface area contributed by atoms with Crippen LogP contribution in [0.25, 0.3) is 10.6 Å². The summed E-state index contributed by atoms with van der Waals surface area (Å²) in [4.78, 5) is 16.3. The molecule has 0 saturated carbocycles. The van der Waals surface area contributed by atoms with Crippen LogP contribution in [0.4, 0.5) is 0 Å². The molecule has 0 amide bonds. The van der Waals surface area contributed by atoms with Crippen molar-refractivity contribution in [3.8, 4) is 10.6 Å². The van der Waals surface area contributed by atoms with Crippen LogP contribution in [-0.4, -0.2) is 16.1 Å². The summed E-state index contributed by atoms with van der Waals surface area (Å²) >= 11 is 1.49. The lowest BCUT2D eigenvalue weighted by Crippen LogP contribution is -2.00. The van der Waals surface area contributed by atoms with E-state index in [0.29, 0.717) is 0 Å². The molecule has 3 nitrogen and oxygen atoms in total. The predicted molar refractivity (Wildman–Crippen MR) is 73.2 cm³/mol. The average molecular weight is 261 g/mol. The first-order chi connectivity index (χ1) is 8.63. The van der Waals surface area contributed by atoms with E-state index in [1.54, 1.807) is 0 Å². The number of carboxylic acids is 1. The van der Waals surface area contributed by atoms with Gasteiger partial charge in [0.2, 0.25) is 0 Å². The molecule has 0 radical (unpaired) electrons. The van der Waals surface area contributed by atoms with Crippen molar-refractivity contribution in [1.29, 1.82) is 0 Å². The van der Waals surface area contributed by atoms with Gasteiger partial charge in [-0.15, -0.1) is 11.3 Å². The number of aromatic carboxylic acids is 1. The number of rotatable bonds is 4. The summed E-state index contributed by atoms with van der Waals surface area (Å²) < 4.78 is 0. The van der Waals surface area contributed by atoms with Gasteiger partial charge in [-0.05, 0) is 18.9 Å². The molecule has 4 heteroatoms. The van der Waals surface area contributed by atoms with Gasteiger partial charge in [0.05, 0.1) is 0 Å². The summed E-state index contributed by atoms with van der Waals surface area (Å²) in [7, 11) is 0. The molecule has 0 atom stereocenters. The van der Waals surface area contributed by atoms with E-state index in [2.05, 4.69) is 4.98 Å². The highest BCUT2D eigenvalue weighted by atomic mass is 32.1. The van der Waals surface area contributed by atoms with Crippen LogP contribution in [0.2, 0.25) is 0 Å². The Balaban J connectivity index is 2.50. The van der Waals surface area contributed by atoms with E-state index in [4.69, 9.17) is 5.11 Å². The first-order valence-electron chi connectivity index (χ1n) is 5.92. The Bertz CT molecular complexity index is 575. The molecule has 0 bridgehead atoms. The van der Waals surface area contributed by atoms with Crippen molar-refractivity contribution in [2.75, 3.05) is 0 Å². The quantitative estimate of drug-likeness (QED) is 0.911. The Morgan fingerprint density at radius 1 is 1.39 bits per heavy atom. The predicted octanol–water partition coefficient (Wildman–Crippen LogP) is 3.77. The zero-order chi connectivity index (χ0) is 13.1. The van der Waals surface area contributed by atoms with Crippen LogP contribution in [0.5, 0.6) is 0 Å². The summed E-state index contributed by atoms with van der Waals surface area (Å²) in [6.45, 7) is 4.05. The molecule has 1 aromatic carbocycles. The first kappa shape index (κ1) is 12.8. The third kappa shape index (κ3) is 2.43. The van der Waals surface area contributed by atoms with E-state index >= 15 is 0 Å². The summed E-state index contributed by atoms with van der Waals surface area (Å²) in [6.07, 6.45) is 1.70. The van der Waals surface area contributed by atoms with Gasteiger partial charge >= 0.3 is 5.97 Å². The fourth-order valence-electron chi connectivity index (χ4n) is 1.84. The molecule has 2 aromatic rings. The smallest absolute Gasteiger partial charge is 0.355 e. The molecule has 1 heterocycles. The minimum Gasteiger partial charge on any atom is -0.476 e. The number of thiazole rings is 1. The van der Waals surface area contributed by atoms with Crippen molar-refractivity contribution in [2.24, 2.45) is 0 Å². The third-order valence-corrected chi connectivity index (χ3v) is 3.90. The summed E-state index contributed by atoms with van der Waals surface area (Å²) in [5.41, 5.74) is 2.35. The van der Waals surface area contributed by atoms with Gasteiger partial charge in [-0.3, -0.25) is 0 Å². The van der Waals surface area contributed by atoms with E-state index < -0.39 is 5.97 Å². The van der Waals surface area contributed by atoms with Crippen LogP contribution in [0.1, 0.15) is 34.3 Å². The molecule has 94 valence electrons. The van der Waals surface area contributed by atoms with Gasteiger partial charge in [-0.25, -0.2) is 9.78 Å². The number of hydrogen-bond acceptors (Lipinski definition) is 3. The lowest BCUT2D eigenvalue weighted by molar-refractivity contribution is 0.0690. The van der Waals surface area contributed by atoms with Crippen LogP contribution in [-0.2, 0) is 6.42 Å². The van der Waals surface area contributed by atoms with Gasteiger partial charge in [0.25, 0.3) is 0 Å². The summed E-state index contributed by atoms with van der Waals surface area (Å²) in [5.74, 6) is -0.936. The molecule has 0 fully saturated rings. The van der Waals surface area contributed by atoms with Crippen LogP contribution in [0.3, 0.4) is 0 Å². The highest BCUT2D eigenvalue weighted by Crippen LogP contribution is 2.31. The monoisotopic (exact) mass is 261 g/mol. The number of aryl methyl sites for hydroxylation is 2. The molecular formula is C14H15NO2S. The maximum Gasteiger partial charge on any atom is 0.355 e. The lowest BCUT2D eigenvalue weighted by Gasteiger charge is -1.99. The minimum absolute atomic E-state index is 0.208. The van der Waals surface area contributed by atoms with Crippen molar-refractivity contribution in [2.45, 2.75) is 26.7 Å². The number of carbonyl (C=O) groups is 1. The molecule has 1 aromatic heterocycles. The Morgan fingerprint density at radius 2 is 2.11 bits per heavy atom. The van der Waals surface area contributed by atoms with Crippen molar-refractivity contribution < 1.29 is 9.90 Å². The second kappa shape index (κ2) is 5.31. The van der Waals surface area contributed by atoms with Gasteiger partial charge in [0.15, 0.2) is 5.69 Å². The second-order valence-corrected chi connectivity index (χ2v) is 5.24.